The number of rotatable bonds is 6. The Morgan fingerprint density at radius 2 is 1.72 bits per heavy atom. The van der Waals surface area contributed by atoms with Crippen molar-refractivity contribution in [3.63, 3.8) is 0 Å². The van der Waals surface area contributed by atoms with Crippen LogP contribution in [-0.4, -0.2) is 48.7 Å². The Labute approximate surface area is 223 Å². The van der Waals surface area contributed by atoms with Gasteiger partial charge in [0.1, 0.15) is 5.69 Å². The number of halogens is 3. The average molecular weight is 537 g/mol. The molecule has 202 valence electrons. The number of carbonyl (C=O) groups excluding carboxylic acids is 1. The van der Waals surface area contributed by atoms with Crippen LogP contribution in [0.5, 0.6) is 0 Å². The van der Waals surface area contributed by atoms with Gasteiger partial charge in [-0.05, 0) is 60.6 Å². The summed E-state index contributed by atoms with van der Waals surface area (Å²) in [7, 11) is 0. The Bertz CT molecular complexity index is 1430. The minimum Gasteiger partial charge on any atom is -0.378 e. The largest absolute Gasteiger partial charge is 0.378 e. The summed E-state index contributed by atoms with van der Waals surface area (Å²) in [5.41, 5.74) is 2.48. The van der Waals surface area contributed by atoms with Gasteiger partial charge < -0.3 is 25.2 Å². The molecule has 1 aliphatic carbocycles. The van der Waals surface area contributed by atoms with E-state index in [1.54, 1.807) is 15.9 Å². The Morgan fingerprint density at radius 3 is 2.41 bits per heavy atom. The number of carbonyl (C=O) groups is 1. The molecular weight excluding hydrogens is 509 g/mol. The van der Waals surface area contributed by atoms with Crippen LogP contribution in [-0.2, 0) is 14.9 Å². The van der Waals surface area contributed by atoms with Crippen LogP contribution >= 0.6 is 0 Å². The van der Waals surface area contributed by atoms with Crippen molar-refractivity contribution in [2.45, 2.75) is 24.7 Å². The third kappa shape index (κ3) is 4.78. The highest BCUT2D eigenvalue weighted by Crippen LogP contribution is 2.56. The van der Waals surface area contributed by atoms with Gasteiger partial charge in [-0.2, -0.15) is 4.98 Å². The van der Waals surface area contributed by atoms with E-state index in [-0.39, 0.29) is 34.5 Å². The Morgan fingerprint density at radius 1 is 0.974 bits per heavy atom. The summed E-state index contributed by atoms with van der Waals surface area (Å²) in [5, 5.41) is 5.70. The van der Waals surface area contributed by atoms with Gasteiger partial charge in [0, 0.05) is 36.7 Å². The molecule has 39 heavy (non-hydrogen) atoms. The Balaban J connectivity index is 1.24. The maximum atomic E-state index is 14.8. The van der Waals surface area contributed by atoms with Gasteiger partial charge in [-0.15, -0.1) is 0 Å². The van der Waals surface area contributed by atoms with Gasteiger partial charge in [0.25, 0.3) is 0 Å². The fourth-order valence-electron chi connectivity index (χ4n) is 5.38. The molecule has 0 unspecified atom stereocenters. The fourth-order valence-corrected chi connectivity index (χ4v) is 5.38. The summed E-state index contributed by atoms with van der Waals surface area (Å²) in [6, 6.07) is 7.89. The number of benzene rings is 2. The average Bonchev–Trinajstić information content (AvgIpc) is 3.70. The highest BCUT2D eigenvalue weighted by atomic mass is 19.1. The molecule has 1 saturated carbocycles. The molecule has 1 amide bonds. The minimum atomic E-state index is -0.735. The van der Waals surface area contributed by atoms with Crippen molar-refractivity contribution in [3.8, 4) is 0 Å². The predicted molar refractivity (Wildman–Crippen MR) is 142 cm³/mol. The molecule has 8 nitrogen and oxygen atoms in total. The fraction of sp³-hybridized carbons (Fsp3) is 0.321. The first kappa shape index (κ1) is 25.2. The number of aromatic nitrogens is 2. The number of ether oxygens (including phenoxy) is 1. The number of nitrogens with one attached hydrogen (secondary N) is 2. The van der Waals surface area contributed by atoms with Crippen molar-refractivity contribution in [3.05, 3.63) is 72.2 Å². The molecule has 2 aromatic carbocycles. The lowest BCUT2D eigenvalue weighted by molar-refractivity contribution is -0.114. The zero-order chi connectivity index (χ0) is 27.1. The molecule has 1 saturated heterocycles. The predicted octanol–water partition coefficient (Wildman–Crippen LogP) is 5.17. The van der Waals surface area contributed by atoms with E-state index >= 15 is 0 Å². The summed E-state index contributed by atoms with van der Waals surface area (Å²) >= 11 is 0. The first-order valence-corrected chi connectivity index (χ1v) is 12.8. The Hall–Kier alpha value is -4.12. The van der Waals surface area contributed by atoms with Gasteiger partial charge in [-0.1, -0.05) is 12.6 Å². The first-order valence-electron chi connectivity index (χ1n) is 12.8. The smallest absolute Gasteiger partial charge is 0.250 e. The van der Waals surface area contributed by atoms with Crippen molar-refractivity contribution in [2.75, 3.05) is 53.3 Å². The minimum absolute atomic E-state index is 0.0461. The molecule has 0 atom stereocenters. The molecule has 0 radical (unpaired) electrons. The van der Waals surface area contributed by atoms with Gasteiger partial charge in [-0.25, -0.2) is 18.2 Å². The molecule has 11 heteroatoms. The Kier molecular flexibility index (Phi) is 6.38. The lowest BCUT2D eigenvalue weighted by Crippen LogP contribution is -2.37. The SMILES string of the molecule is C=CC(=O)N1CCC2(CC2)c2ccc(Nc3nc(Nc4cc(F)c(N5CCOCC5)c(F)c4)ncc3F)cc21. The molecule has 1 spiro atoms. The standard InChI is InChI=1S/C28H27F3N6O2/c1-2-24(38)37-8-7-28(5-6-28)19-4-3-17(15-23(19)37)33-26-22(31)16-32-27(35-26)34-18-13-20(29)25(21(30)14-18)36-9-11-39-12-10-36/h2-4,13-16H,1,5-12H2,(H2,32,33,34,35). The van der Waals surface area contributed by atoms with Gasteiger partial charge in [0.15, 0.2) is 23.3 Å². The molecule has 3 heterocycles. The normalized spacial score (nSPS) is 17.5. The van der Waals surface area contributed by atoms with Crippen LogP contribution < -0.4 is 20.4 Å². The van der Waals surface area contributed by atoms with E-state index < -0.39 is 17.5 Å². The van der Waals surface area contributed by atoms with Gasteiger partial charge in [-0.3, -0.25) is 4.79 Å². The number of morpholine rings is 1. The molecule has 3 aromatic rings. The summed E-state index contributed by atoms with van der Waals surface area (Å²) in [5.74, 6) is -2.55. The van der Waals surface area contributed by atoms with Crippen LogP contribution in [0.1, 0.15) is 24.8 Å². The van der Waals surface area contributed by atoms with Gasteiger partial charge >= 0.3 is 0 Å². The van der Waals surface area contributed by atoms with Crippen LogP contribution in [0, 0.1) is 17.5 Å². The third-order valence-corrected chi connectivity index (χ3v) is 7.58. The third-order valence-electron chi connectivity index (χ3n) is 7.58. The van der Waals surface area contributed by atoms with E-state index in [0.717, 1.165) is 48.8 Å². The monoisotopic (exact) mass is 536 g/mol. The molecule has 2 fully saturated rings. The van der Waals surface area contributed by atoms with Crippen LogP contribution in [0.3, 0.4) is 0 Å². The molecule has 0 bridgehead atoms. The quantitative estimate of drug-likeness (QED) is 0.421. The van der Waals surface area contributed by atoms with Crippen molar-refractivity contribution in [2.24, 2.45) is 0 Å². The molecule has 2 aliphatic heterocycles. The van der Waals surface area contributed by atoms with Crippen molar-refractivity contribution in [1.29, 1.82) is 0 Å². The van der Waals surface area contributed by atoms with E-state index in [2.05, 4.69) is 27.2 Å². The zero-order valence-corrected chi connectivity index (χ0v) is 21.1. The van der Waals surface area contributed by atoms with Crippen molar-refractivity contribution >= 4 is 40.4 Å². The number of anilines is 6. The summed E-state index contributed by atoms with van der Waals surface area (Å²) in [4.78, 5) is 23.9. The number of hydrogen-bond acceptors (Lipinski definition) is 7. The van der Waals surface area contributed by atoms with E-state index in [9.17, 15) is 18.0 Å². The zero-order valence-electron chi connectivity index (χ0n) is 21.1. The highest BCUT2D eigenvalue weighted by Gasteiger charge is 2.49. The van der Waals surface area contributed by atoms with E-state index in [0.29, 0.717) is 38.5 Å². The second-order valence-corrected chi connectivity index (χ2v) is 9.98. The lowest BCUT2D eigenvalue weighted by Gasteiger charge is -2.34. The number of hydrogen-bond donors (Lipinski definition) is 2. The summed E-state index contributed by atoms with van der Waals surface area (Å²) in [6.07, 6.45) is 5.31. The second kappa shape index (κ2) is 9.88. The van der Waals surface area contributed by atoms with Crippen LogP contribution in [0.15, 0.2) is 49.2 Å². The summed E-state index contributed by atoms with van der Waals surface area (Å²) in [6.45, 7) is 5.77. The van der Waals surface area contributed by atoms with Crippen LogP contribution in [0.4, 0.5) is 47.7 Å². The first-order chi connectivity index (χ1) is 18.9. The number of amides is 1. The van der Waals surface area contributed by atoms with E-state index in [4.69, 9.17) is 4.74 Å². The highest BCUT2D eigenvalue weighted by molar-refractivity contribution is 6.02. The van der Waals surface area contributed by atoms with Crippen molar-refractivity contribution in [1.82, 2.24) is 9.97 Å². The number of fused-ring (bicyclic) bond motifs is 2. The number of nitrogens with zero attached hydrogens (tertiary/aromatic N) is 4. The van der Waals surface area contributed by atoms with Crippen LogP contribution in [0.2, 0.25) is 0 Å². The van der Waals surface area contributed by atoms with E-state index in [1.165, 1.54) is 6.08 Å². The second-order valence-electron chi connectivity index (χ2n) is 9.98. The molecular formula is C28H27F3N6O2. The van der Waals surface area contributed by atoms with Crippen molar-refractivity contribution < 1.29 is 22.7 Å². The topological polar surface area (TPSA) is 82.6 Å². The van der Waals surface area contributed by atoms with E-state index in [1.807, 2.05) is 12.1 Å². The van der Waals surface area contributed by atoms with Crippen LogP contribution in [0.25, 0.3) is 0 Å². The maximum absolute atomic E-state index is 14.8. The maximum Gasteiger partial charge on any atom is 0.250 e. The molecule has 6 rings (SSSR count). The lowest BCUT2D eigenvalue weighted by atomic mass is 9.86. The molecule has 2 N–H and O–H groups in total. The summed E-state index contributed by atoms with van der Waals surface area (Å²) < 4.78 is 49.6. The van der Waals surface area contributed by atoms with Gasteiger partial charge in [0.2, 0.25) is 11.9 Å². The molecule has 1 aromatic heterocycles. The molecule has 3 aliphatic rings. The van der Waals surface area contributed by atoms with Gasteiger partial charge in [0.05, 0.1) is 19.4 Å².